The third kappa shape index (κ3) is 3.10. The Morgan fingerprint density at radius 2 is 2.21 bits per heavy atom. The molecule has 8 heteroatoms. The maximum atomic E-state index is 12.7. The van der Waals surface area contributed by atoms with Gasteiger partial charge in [0.2, 0.25) is 11.9 Å². The van der Waals surface area contributed by atoms with Gasteiger partial charge in [0.05, 0.1) is 12.0 Å². The van der Waals surface area contributed by atoms with Gasteiger partial charge in [-0.05, 0) is 45.2 Å². The highest BCUT2D eigenvalue weighted by atomic mass is 35.5. The molecule has 1 unspecified atom stereocenters. The molecule has 0 spiro atoms. The Kier molecular flexibility index (Phi) is 4.25. The van der Waals surface area contributed by atoms with Crippen molar-refractivity contribution in [3.05, 3.63) is 17.3 Å². The lowest BCUT2D eigenvalue weighted by atomic mass is 9.78. The van der Waals surface area contributed by atoms with Crippen molar-refractivity contribution in [2.24, 2.45) is 0 Å². The number of alkyl halides is 1. The topological polar surface area (TPSA) is 80.0 Å². The van der Waals surface area contributed by atoms with Crippen molar-refractivity contribution in [1.82, 2.24) is 14.5 Å². The zero-order chi connectivity index (χ0) is 17.5. The van der Waals surface area contributed by atoms with Crippen LogP contribution in [0.5, 0.6) is 0 Å². The van der Waals surface area contributed by atoms with Gasteiger partial charge in [-0.3, -0.25) is 14.7 Å². The SMILES string of the molecule is CC(O)(CF)CC(=O)Nc1nc2ccc(Cl)nc2n1C1(C)CCC1. The van der Waals surface area contributed by atoms with Gasteiger partial charge in [0.1, 0.15) is 17.3 Å². The van der Waals surface area contributed by atoms with Gasteiger partial charge >= 0.3 is 0 Å². The Morgan fingerprint density at radius 1 is 1.50 bits per heavy atom. The molecule has 2 N–H and O–H groups in total. The fraction of sp³-hybridized carbons (Fsp3) is 0.562. The molecule has 1 aliphatic carbocycles. The summed E-state index contributed by atoms with van der Waals surface area (Å²) in [5.74, 6) is -0.148. The van der Waals surface area contributed by atoms with Crippen LogP contribution >= 0.6 is 11.6 Å². The molecule has 0 radical (unpaired) electrons. The highest BCUT2D eigenvalue weighted by Gasteiger charge is 2.38. The van der Waals surface area contributed by atoms with E-state index in [9.17, 15) is 14.3 Å². The number of hydrogen-bond acceptors (Lipinski definition) is 4. The van der Waals surface area contributed by atoms with Crippen LogP contribution in [0.4, 0.5) is 10.3 Å². The number of imidazole rings is 1. The van der Waals surface area contributed by atoms with E-state index in [1.165, 1.54) is 6.92 Å². The molecule has 0 aromatic carbocycles. The van der Waals surface area contributed by atoms with Gasteiger partial charge in [-0.1, -0.05) is 11.6 Å². The van der Waals surface area contributed by atoms with Crippen molar-refractivity contribution in [3.63, 3.8) is 0 Å². The second kappa shape index (κ2) is 5.97. The molecule has 0 saturated heterocycles. The molecule has 1 fully saturated rings. The Morgan fingerprint density at radius 3 is 2.79 bits per heavy atom. The smallest absolute Gasteiger partial charge is 0.229 e. The van der Waals surface area contributed by atoms with Crippen LogP contribution in [0.15, 0.2) is 12.1 Å². The normalized spacial score (nSPS) is 18.9. The average Bonchev–Trinajstić information content (AvgIpc) is 2.81. The number of anilines is 1. The summed E-state index contributed by atoms with van der Waals surface area (Å²) in [4.78, 5) is 21.0. The molecular formula is C16H20ClFN4O2. The number of aliphatic hydroxyl groups is 1. The zero-order valence-corrected chi connectivity index (χ0v) is 14.4. The molecule has 2 aromatic rings. The standard InChI is InChI=1S/C16H20ClFN4O2/c1-15(6-3-7-15)22-13-10(4-5-11(17)20-13)19-14(22)21-12(23)8-16(2,24)9-18/h4-5,24H,3,6-9H2,1-2H3,(H,19,21,23). The average molecular weight is 355 g/mol. The second-order valence-corrected chi connectivity index (χ2v) is 7.34. The van der Waals surface area contributed by atoms with E-state index in [0.717, 1.165) is 19.3 Å². The number of carbonyl (C=O) groups is 1. The summed E-state index contributed by atoms with van der Waals surface area (Å²) in [5, 5.41) is 12.8. The molecule has 1 saturated carbocycles. The van der Waals surface area contributed by atoms with E-state index < -0.39 is 18.2 Å². The maximum Gasteiger partial charge on any atom is 0.229 e. The van der Waals surface area contributed by atoms with Crippen molar-refractivity contribution < 1.29 is 14.3 Å². The Hall–Kier alpha value is -1.73. The van der Waals surface area contributed by atoms with Gasteiger partial charge in [0.15, 0.2) is 5.65 Å². The molecule has 6 nitrogen and oxygen atoms in total. The number of nitrogens with one attached hydrogen (secondary N) is 1. The molecule has 24 heavy (non-hydrogen) atoms. The molecule has 0 bridgehead atoms. The number of aromatic nitrogens is 3. The summed E-state index contributed by atoms with van der Waals surface area (Å²) in [6.07, 6.45) is 2.62. The minimum absolute atomic E-state index is 0.197. The summed E-state index contributed by atoms with van der Waals surface area (Å²) in [6, 6.07) is 3.39. The lowest BCUT2D eigenvalue weighted by Crippen LogP contribution is -2.39. The minimum atomic E-state index is -1.69. The first-order chi connectivity index (χ1) is 11.2. The highest BCUT2D eigenvalue weighted by molar-refractivity contribution is 6.29. The number of halogens is 2. The largest absolute Gasteiger partial charge is 0.387 e. The quantitative estimate of drug-likeness (QED) is 0.809. The van der Waals surface area contributed by atoms with Crippen molar-refractivity contribution >= 4 is 34.6 Å². The number of pyridine rings is 1. The van der Waals surface area contributed by atoms with Crippen LogP contribution in [0.3, 0.4) is 0 Å². The maximum absolute atomic E-state index is 12.7. The summed E-state index contributed by atoms with van der Waals surface area (Å²) < 4.78 is 14.6. The predicted octanol–water partition coefficient (Wildman–Crippen LogP) is 3.03. The van der Waals surface area contributed by atoms with Gasteiger partial charge in [0, 0.05) is 5.54 Å². The first kappa shape index (κ1) is 17.1. The molecule has 2 heterocycles. The summed E-state index contributed by atoms with van der Waals surface area (Å²) in [6.45, 7) is 2.36. The van der Waals surface area contributed by atoms with Gasteiger partial charge in [0.25, 0.3) is 0 Å². The number of amides is 1. The number of rotatable bonds is 5. The van der Waals surface area contributed by atoms with Crippen LogP contribution in [-0.4, -0.2) is 37.8 Å². The third-order valence-electron chi connectivity index (χ3n) is 4.52. The number of fused-ring (bicyclic) bond motifs is 1. The highest BCUT2D eigenvalue weighted by Crippen LogP contribution is 2.42. The molecule has 0 aliphatic heterocycles. The molecular weight excluding hydrogens is 335 g/mol. The lowest BCUT2D eigenvalue weighted by molar-refractivity contribution is -0.121. The van der Waals surface area contributed by atoms with Crippen molar-refractivity contribution in [1.29, 1.82) is 0 Å². The molecule has 130 valence electrons. The molecule has 3 rings (SSSR count). The lowest BCUT2D eigenvalue weighted by Gasteiger charge is -2.40. The zero-order valence-electron chi connectivity index (χ0n) is 13.6. The van der Waals surface area contributed by atoms with E-state index in [1.807, 2.05) is 4.57 Å². The Bertz CT molecular complexity index is 786. The summed E-state index contributed by atoms with van der Waals surface area (Å²) >= 11 is 6.01. The van der Waals surface area contributed by atoms with Gasteiger partial charge in [-0.15, -0.1) is 0 Å². The van der Waals surface area contributed by atoms with Crippen molar-refractivity contribution in [2.45, 2.75) is 50.7 Å². The summed E-state index contributed by atoms with van der Waals surface area (Å²) in [5.41, 5.74) is -0.655. The van der Waals surface area contributed by atoms with Gasteiger partial charge in [-0.2, -0.15) is 0 Å². The van der Waals surface area contributed by atoms with E-state index in [2.05, 4.69) is 22.2 Å². The van der Waals surface area contributed by atoms with Crippen LogP contribution in [0.25, 0.3) is 11.2 Å². The minimum Gasteiger partial charge on any atom is -0.387 e. The first-order valence-electron chi connectivity index (χ1n) is 7.88. The van der Waals surface area contributed by atoms with E-state index in [1.54, 1.807) is 12.1 Å². The Labute approximate surface area is 144 Å². The van der Waals surface area contributed by atoms with Gasteiger partial charge in [-0.25, -0.2) is 14.4 Å². The second-order valence-electron chi connectivity index (χ2n) is 6.95. The fourth-order valence-corrected chi connectivity index (χ4v) is 3.15. The van der Waals surface area contributed by atoms with E-state index in [-0.39, 0.29) is 12.0 Å². The third-order valence-corrected chi connectivity index (χ3v) is 4.73. The molecule has 1 atom stereocenters. The summed E-state index contributed by atoms with van der Waals surface area (Å²) in [7, 11) is 0. The monoisotopic (exact) mass is 354 g/mol. The molecule has 2 aromatic heterocycles. The van der Waals surface area contributed by atoms with Gasteiger partial charge < -0.3 is 5.11 Å². The van der Waals surface area contributed by atoms with Crippen LogP contribution in [0.2, 0.25) is 5.15 Å². The number of nitrogens with zero attached hydrogens (tertiary/aromatic N) is 3. The Balaban J connectivity index is 1.98. The van der Waals surface area contributed by atoms with E-state index >= 15 is 0 Å². The predicted molar refractivity (Wildman–Crippen MR) is 89.9 cm³/mol. The van der Waals surface area contributed by atoms with Crippen LogP contribution in [0.1, 0.15) is 39.5 Å². The van der Waals surface area contributed by atoms with Crippen molar-refractivity contribution in [3.8, 4) is 0 Å². The van der Waals surface area contributed by atoms with Crippen LogP contribution in [0, 0.1) is 0 Å². The van der Waals surface area contributed by atoms with E-state index in [0.29, 0.717) is 22.3 Å². The number of carbonyl (C=O) groups excluding carboxylic acids is 1. The van der Waals surface area contributed by atoms with E-state index in [4.69, 9.17) is 11.6 Å². The van der Waals surface area contributed by atoms with Crippen LogP contribution in [-0.2, 0) is 10.3 Å². The van der Waals surface area contributed by atoms with Crippen molar-refractivity contribution in [2.75, 3.05) is 12.0 Å². The molecule has 1 aliphatic rings. The number of hydrogen-bond donors (Lipinski definition) is 2. The first-order valence-corrected chi connectivity index (χ1v) is 8.26. The fourth-order valence-electron chi connectivity index (χ4n) is 3.00. The van der Waals surface area contributed by atoms with Crippen LogP contribution < -0.4 is 5.32 Å². The molecule has 1 amide bonds.